The van der Waals surface area contributed by atoms with Gasteiger partial charge in [0.2, 0.25) is 0 Å². The summed E-state index contributed by atoms with van der Waals surface area (Å²) in [6.07, 6.45) is 5.74. The molecule has 0 fully saturated rings. The second-order valence-corrected chi connectivity index (χ2v) is 9.29. The molecule has 172 valence electrons. The van der Waals surface area contributed by atoms with Crippen LogP contribution in [0.1, 0.15) is 31.1 Å². The van der Waals surface area contributed by atoms with E-state index in [1.54, 1.807) is 18.0 Å². The van der Waals surface area contributed by atoms with Crippen LogP contribution in [-0.4, -0.2) is 49.1 Å². The maximum absolute atomic E-state index is 12.6. The van der Waals surface area contributed by atoms with Gasteiger partial charge in [-0.25, -0.2) is 14.6 Å². The molecule has 4 rings (SSSR count). The molecule has 0 aliphatic heterocycles. The number of benzene rings is 1. The fourth-order valence-corrected chi connectivity index (χ4v) is 3.96. The summed E-state index contributed by atoms with van der Waals surface area (Å²) in [6.45, 7) is 8.20. The van der Waals surface area contributed by atoms with E-state index in [9.17, 15) is 4.79 Å². The van der Waals surface area contributed by atoms with Crippen LogP contribution < -0.4 is 10.6 Å². The number of amides is 1. The van der Waals surface area contributed by atoms with Gasteiger partial charge < -0.3 is 15.2 Å². The Bertz CT molecular complexity index is 1200. The van der Waals surface area contributed by atoms with Crippen LogP contribution in [0.3, 0.4) is 0 Å². The van der Waals surface area contributed by atoms with E-state index in [1.807, 2.05) is 58.0 Å². The van der Waals surface area contributed by atoms with Crippen molar-refractivity contribution in [2.75, 3.05) is 24.2 Å². The minimum absolute atomic E-state index is 0.110. The number of nitrogens with one attached hydrogen (secondary N) is 2. The van der Waals surface area contributed by atoms with Gasteiger partial charge in [-0.05, 0) is 48.1 Å². The van der Waals surface area contributed by atoms with Gasteiger partial charge in [-0.2, -0.15) is 5.10 Å². The molecule has 9 heteroatoms. The van der Waals surface area contributed by atoms with Crippen molar-refractivity contribution in [1.82, 2.24) is 29.6 Å². The van der Waals surface area contributed by atoms with Crippen LogP contribution in [0.2, 0.25) is 0 Å². The summed E-state index contributed by atoms with van der Waals surface area (Å²) in [6, 6.07) is 11.5. The number of hydrogen-bond acceptors (Lipinski definition) is 6. The van der Waals surface area contributed by atoms with Gasteiger partial charge in [0, 0.05) is 36.7 Å². The first kappa shape index (κ1) is 22.8. The average molecular weight is 464 g/mol. The third-order valence-corrected chi connectivity index (χ3v) is 5.80. The number of carbonyl (C=O) groups excluding carboxylic acids is 1. The van der Waals surface area contributed by atoms with Crippen molar-refractivity contribution < 1.29 is 4.79 Å². The van der Waals surface area contributed by atoms with E-state index < -0.39 is 0 Å². The van der Waals surface area contributed by atoms with Gasteiger partial charge in [0.1, 0.15) is 5.82 Å². The van der Waals surface area contributed by atoms with E-state index >= 15 is 0 Å². The van der Waals surface area contributed by atoms with Crippen molar-refractivity contribution in [2.24, 2.45) is 5.92 Å². The Labute approximate surface area is 197 Å². The Morgan fingerprint density at radius 2 is 1.88 bits per heavy atom. The summed E-state index contributed by atoms with van der Waals surface area (Å²) < 4.78 is 3.83. The van der Waals surface area contributed by atoms with E-state index in [1.165, 1.54) is 0 Å². The number of fused-ring (bicyclic) bond motifs is 1. The highest BCUT2D eigenvalue weighted by Crippen LogP contribution is 2.24. The lowest BCUT2D eigenvalue weighted by molar-refractivity contribution is 0.0952. The van der Waals surface area contributed by atoms with Gasteiger partial charge >= 0.3 is 0 Å². The van der Waals surface area contributed by atoms with E-state index in [0.717, 1.165) is 40.0 Å². The number of aromatic nitrogens is 5. The first-order valence-electron chi connectivity index (χ1n) is 11.2. The van der Waals surface area contributed by atoms with E-state index in [2.05, 4.69) is 41.5 Å². The van der Waals surface area contributed by atoms with Crippen LogP contribution in [0, 0.1) is 5.92 Å². The van der Waals surface area contributed by atoms with Crippen molar-refractivity contribution in [3.63, 3.8) is 0 Å². The molecule has 0 aliphatic rings. The third kappa shape index (κ3) is 5.54. The van der Waals surface area contributed by atoms with Crippen LogP contribution in [0.5, 0.6) is 0 Å². The highest BCUT2D eigenvalue weighted by atomic mass is 32.2. The van der Waals surface area contributed by atoms with Crippen LogP contribution in [0.25, 0.3) is 16.7 Å². The average Bonchev–Trinajstić information content (AvgIpc) is 3.48. The van der Waals surface area contributed by atoms with Crippen molar-refractivity contribution >= 4 is 34.5 Å². The summed E-state index contributed by atoms with van der Waals surface area (Å²) in [4.78, 5) is 22.0. The Balaban J connectivity index is 1.42. The molecule has 2 N–H and O–H groups in total. The molecule has 0 unspecified atom stereocenters. The van der Waals surface area contributed by atoms with E-state index in [-0.39, 0.29) is 5.91 Å². The van der Waals surface area contributed by atoms with Gasteiger partial charge in [0.15, 0.2) is 10.8 Å². The predicted molar refractivity (Wildman–Crippen MR) is 133 cm³/mol. The standard InChI is InChI=1S/C24H29N7OS/c1-4-33-24-28-21(26-15-17(2)3)20-16-27-31(22(20)29-24)14-11-25-23(32)18-7-9-19(10-8-18)30-12-5-6-13-30/h5-10,12-13,16-17H,4,11,14-15H2,1-3H3,(H,25,32)(H,26,28,29). The molecular formula is C24H29N7OS. The molecule has 0 atom stereocenters. The molecular weight excluding hydrogens is 434 g/mol. The van der Waals surface area contributed by atoms with Crippen LogP contribution in [-0.2, 0) is 6.54 Å². The fraction of sp³-hybridized carbons (Fsp3) is 0.333. The van der Waals surface area contributed by atoms with Crippen molar-refractivity contribution in [3.05, 3.63) is 60.6 Å². The van der Waals surface area contributed by atoms with Crippen molar-refractivity contribution in [3.8, 4) is 5.69 Å². The summed E-state index contributed by atoms with van der Waals surface area (Å²) in [5, 5.41) is 12.5. The van der Waals surface area contributed by atoms with Gasteiger partial charge in [-0.1, -0.05) is 32.5 Å². The Hall–Kier alpha value is -3.33. The zero-order valence-electron chi connectivity index (χ0n) is 19.2. The summed E-state index contributed by atoms with van der Waals surface area (Å²) >= 11 is 1.60. The quantitative estimate of drug-likeness (QED) is 0.270. The molecule has 3 heterocycles. The first-order chi connectivity index (χ1) is 16.0. The molecule has 8 nitrogen and oxygen atoms in total. The summed E-state index contributed by atoms with van der Waals surface area (Å²) in [5.41, 5.74) is 2.42. The lowest BCUT2D eigenvalue weighted by Gasteiger charge is -2.11. The lowest BCUT2D eigenvalue weighted by Crippen LogP contribution is -2.27. The third-order valence-electron chi connectivity index (χ3n) is 5.07. The normalized spacial score (nSPS) is 11.3. The number of hydrogen-bond donors (Lipinski definition) is 2. The number of anilines is 1. The molecule has 0 saturated carbocycles. The highest BCUT2D eigenvalue weighted by Gasteiger charge is 2.14. The van der Waals surface area contributed by atoms with Crippen LogP contribution in [0.15, 0.2) is 60.1 Å². The highest BCUT2D eigenvalue weighted by molar-refractivity contribution is 7.99. The summed E-state index contributed by atoms with van der Waals surface area (Å²) in [7, 11) is 0. The van der Waals surface area contributed by atoms with Crippen molar-refractivity contribution in [2.45, 2.75) is 32.5 Å². The fourth-order valence-electron chi connectivity index (χ4n) is 3.40. The Morgan fingerprint density at radius 3 is 2.58 bits per heavy atom. The maximum atomic E-state index is 12.6. The molecule has 0 saturated heterocycles. The van der Waals surface area contributed by atoms with Crippen molar-refractivity contribution in [1.29, 1.82) is 0 Å². The summed E-state index contributed by atoms with van der Waals surface area (Å²) in [5.74, 6) is 2.09. The monoisotopic (exact) mass is 463 g/mol. The van der Waals surface area contributed by atoms with Gasteiger partial charge in [-0.15, -0.1) is 0 Å². The molecule has 4 aromatic rings. The zero-order chi connectivity index (χ0) is 23.2. The van der Waals surface area contributed by atoms with Gasteiger partial charge in [0.25, 0.3) is 5.91 Å². The SMILES string of the molecule is CCSc1nc(NCC(C)C)c2cnn(CCNC(=O)c3ccc(-n4cccc4)cc3)c2n1. The van der Waals surface area contributed by atoms with Gasteiger partial charge in [-0.3, -0.25) is 4.79 Å². The first-order valence-corrected chi connectivity index (χ1v) is 12.2. The largest absolute Gasteiger partial charge is 0.369 e. The molecule has 0 aliphatic carbocycles. The second kappa shape index (κ2) is 10.5. The molecule has 0 bridgehead atoms. The number of rotatable bonds is 10. The molecule has 0 spiro atoms. The number of carbonyl (C=O) groups is 1. The smallest absolute Gasteiger partial charge is 0.251 e. The number of thioether (sulfide) groups is 1. The zero-order valence-corrected chi connectivity index (χ0v) is 20.0. The molecule has 1 aromatic carbocycles. The minimum atomic E-state index is -0.110. The molecule has 0 radical (unpaired) electrons. The molecule has 33 heavy (non-hydrogen) atoms. The Kier molecular flexibility index (Phi) is 7.29. The minimum Gasteiger partial charge on any atom is -0.369 e. The predicted octanol–water partition coefficient (Wildman–Crippen LogP) is 4.23. The lowest BCUT2D eigenvalue weighted by atomic mass is 10.2. The van der Waals surface area contributed by atoms with E-state index in [4.69, 9.17) is 4.98 Å². The number of nitrogens with zero attached hydrogens (tertiary/aromatic N) is 5. The van der Waals surface area contributed by atoms with Crippen LogP contribution in [0.4, 0.5) is 5.82 Å². The van der Waals surface area contributed by atoms with E-state index in [0.29, 0.717) is 24.6 Å². The maximum Gasteiger partial charge on any atom is 0.251 e. The molecule has 3 aromatic heterocycles. The topological polar surface area (TPSA) is 89.7 Å². The van der Waals surface area contributed by atoms with Gasteiger partial charge in [0.05, 0.1) is 18.1 Å². The second-order valence-electron chi connectivity index (χ2n) is 8.06. The Morgan fingerprint density at radius 1 is 1.12 bits per heavy atom. The molecule has 1 amide bonds. The van der Waals surface area contributed by atoms with Crippen LogP contribution >= 0.6 is 11.8 Å².